The molecule has 4 nitrogen and oxygen atoms in total. The minimum Gasteiger partial charge on any atom is -0.322 e. The fraction of sp³-hybridized carbons (Fsp3) is 0.294. The van der Waals surface area contributed by atoms with Crippen LogP contribution >= 0.6 is 0 Å². The molecule has 0 unspecified atom stereocenters. The van der Waals surface area contributed by atoms with Crippen LogP contribution in [0.3, 0.4) is 0 Å². The Labute approximate surface area is 129 Å². The van der Waals surface area contributed by atoms with Gasteiger partial charge < -0.3 is 5.32 Å². The molecule has 0 aliphatic rings. The topological polar surface area (TPSA) is 54.0 Å². The number of halogens is 1. The maximum Gasteiger partial charge on any atom is 0.241 e. The van der Waals surface area contributed by atoms with Gasteiger partial charge in [-0.3, -0.25) is 15.1 Å². The zero-order valence-corrected chi connectivity index (χ0v) is 12.9. The van der Waals surface area contributed by atoms with E-state index in [1.165, 1.54) is 6.07 Å². The molecule has 0 aliphatic heterocycles. The number of rotatable bonds is 5. The summed E-state index contributed by atoms with van der Waals surface area (Å²) in [5.41, 5.74) is 2.05. The second kappa shape index (κ2) is 7.13. The van der Waals surface area contributed by atoms with E-state index in [0.29, 0.717) is 0 Å². The zero-order chi connectivity index (χ0) is 16.1. The molecule has 2 rings (SSSR count). The maximum atomic E-state index is 13.8. The molecular formula is C17H20FN3O. The van der Waals surface area contributed by atoms with Gasteiger partial charge in [-0.15, -0.1) is 0 Å². The number of hydrogen-bond donors (Lipinski definition) is 2. The molecule has 1 aromatic carbocycles. The molecule has 2 aromatic rings. The molecule has 5 heteroatoms. The summed E-state index contributed by atoms with van der Waals surface area (Å²) < 4.78 is 13.8. The summed E-state index contributed by atoms with van der Waals surface area (Å²) in [4.78, 5) is 16.1. The Morgan fingerprint density at radius 3 is 2.50 bits per heavy atom. The standard InChI is InChI=1S/C17H20FN3O/c1-11-4-5-16(15(18)10-11)21-17(22)13(3)20-12(2)14-6-8-19-9-7-14/h4-10,12-13,20H,1-3H3,(H,21,22)/t12-,13+/m0/s1. The first-order valence-corrected chi connectivity index (χ1v) is 7.20. The Kier molecular flexibility index (Phi) is 5.22. The number of carbonyl (C=O) groups excluding carboxylic acids is 1. The average molecular weight is 301 g/mol. The van der Waals surface area contributed by atoms with Gasteiger partial charge in [0, 0.05) is 18.4 Å². The summed E-state index contributed by atoms with van der Waals surface area (Å²) in [5.74, 6) is -0.702. The Morgan fingerprint density at radius 2 is 1.86 bits per heavy atom. The van der Waals surface area contributed by atoms with Crippen LogP contribution in [-0.4, -0.2) is 16.9 Å². The lowest BCUT2D eigenvalue weighted by Gasteiger charge is -2.20. The third-order valence-corrected chi connectivity index (χ3v) is 3.48. The maximum absolute atomic E-state index is 13.8. The summed E-state index contributed by atoms with van der Waals surface area (Å²) in [6, 6.07) is 8.05. The molecule has 0 radical (unpaired) electrons. The quantitative estimate of drug-likeness (QED) is 0.891. The SMILES string of the molecule is Cc1ccc(NC(=O)[C@@H](C)N[C@@H](C)c2ccncc2)c(F)c1. The number of anilines is 1. The van der Waals surface area contributed by atoms with Crippen molar-refractivity contribution in [3.05, 3.63) is 59.7 Å². The van der Waals surface area contributed by atoms with Crippen LogP contribution in [-0.2, 0) is 4.79 Å². The Hall–Kier alpha value is -2.27. The van der Waals surface area contributed by atoms with Gasteiger partial charge in [0.25, 0.3) is 0 Å². The summed E-state index contributed by atoms with van der Waals surface area (Å²) in [6.45, 7) is 5.51. The molecule has 1 aromatic heterocycles. The molecule has 2 atom stereocenters. The van der Waals surface area contributed by atoms with Crippen molar-refractivity contribution < 1.29 is 9.18 Å². The van der Waals surface area contributed by atoms with E-state index in [1.54, 1.807) is 38.4 Å². The third-order valence-electron chi connectivity index (χ3n) is 3.48. The number of aryl methyl sites for hydroxylation is 1. The first-order chi connectivity index (χ1) is 10.5. The van der Waals surface area contributed by atoms with Gasteiger partial charge in [-0.05, 0) is 56.2 Å². The van der Waals surface area contributed by atoms with E-state index < -0.39 is 11.9 Å². The number of amides is 1. The van der Waals surface area contributed by atoms with E-state index in [2.05, 4.69) is 15.6 Å². The highest BCUT2D eigenvalue weighted by atomic mass is 19.1. The van der Waals surface area contributed by atoms with E-state index in [1.807, 2.05) is 19.1 Å². The zero-order valence-electron chi connectivity index (χ0n) is 12.9. The van der Waals surface area contributed by atoms with Gasteiger partial charge in [0.05, 0.1) is 11.7 Å². The molecule has 0 saturated carbocycles. The van der Waals surface area contributed by atoms with Crippen molar-refractivity contribution in [3.63, 3.8) is 0 Å². The number of nitrogens with zero attached hydrogens (tertiary/aromatic N) is 1. The normalized spacial score (nSPS) is 13.5. The minimum absolute atomic E-state index is 0.00776. The van der Waals surface area contributed by atoms with Crippen LogP contribution in [0.5, 0.6) is 0 Å². The molecule has 0 bridgehead atoms. The van der Waals surface area contributed by atoms with Crippen LogP contribution < -0.4 is 10.6 Å². The minimum atomic E-state index is -0.455. The monoisotopic (exact) mass is 301 g/mol. The molecule has 2 N–H and O–H groups in total. The fourth-order valence-corrected chi connectivity index (χ4v) is 2.16. The molecular weight excluding hydrogens is 281 g/mol. The number of aromatic nitrogens is 1. The number of benzene rings is 1. The fourth-order valence-electron chi connectivity index (χ4n) is 2.16. The molecule has 0 aliphatic carbocycles. The summed E-state index contributed by atoms with van der Waals surface area (Å²) in [6.07, 6.45) is 3.42. The van der Waals surface area contributed by atoms with Crippen molar-refractivity contribution in [3.8, 4) is 0 Å². The van der Waals surface area contributed by atoms with Crippen molar-refractivity contribution >= 4 is 11.6 Å². The highest BCUT2D eigenvalue weighted by Crippen LogP contribution is 2.16. The second-order valence-electron chi connectivity index (χ2n) is 5.36. The molecule has 116 valence electrons. The average Bonchev–Trinajstić information content (AvgIpc) is 2.50. The van der Waals surface area contributed by atoms with Gasteiger partial charge in [0.15, 0.2) is 0 Å². The Morgan fingerprint density at radius 1 is 1.18 bits per heavy atom. The van der Waals surface area contributed by atoms with Gasteiger partial charge in [-0.1, -0.05) is 6.07 Å². The third kappa shape index (κ3) is 4.11. The lowest BCUT2D eigenvalue weighted by Crippen LogP contribution is -2.39. The predicted molar refractivity (Wildman–Crippen MR) is 85.0 cm³/mol. The smallest absolute Gasteiger partial charge is 0.241 e. The highest BCUT2D eigenvalue weighted by Gasteiger charge is 2.17. The molecule has 1 heterocycles. The Bertz CT molecular complexity index is 646. The van der Waals surface area contributed by atoms with Gasteiger partial charge in [-0.2, -0.15) is 0 Å². The molecule has 1 amide bonds. The van der Waals surface area contributed by atoms with Gasteiger partial charge in [0.1, 0.15) is 5.82 Å². The van der Waals surface area contributed by atoms with E-state index >= 15 is 0 Å². The lowest BCUT2D eigenvalue weighted by molar-refractivity contribution is -0.118. The predicted octanol–water partition coefficient (Wildman–Crippen LogP) is 3.21. The number of carbonyl (C=O) groups is 1. The van der Waals surface area contributed by atoms with Crippen molar-refractivity contribution in [2.75, 3.05) is 5.32 Å². The molecule has 0 saturated heterocycles. The first kappa shape index (κ1) is 16.1. The van der Waals surface area contributed by atoms with Crippen molar-refractivity contribution in [2.24, 2.45) is 0 Å². The van der Waals surface area contributed by atoms with E-state index in [9.17, 15) is 9.18 Å². The number of hydrogen-bond acceptors (Lipinski definition) is 3. The summed E-state index contributed by atoms with van der Waals surface area (Å²) in [5, 5.41) is 5.79. The van der Waals surface area contributed by atoms with E-state index in [-0.39, 0.29) is 17.6 Å². The second-order valence-corrected chi connectivity index (χ2v) is 5.36. The van der Waals surface area contributed by atoms with Crippen molar-refractivity contribution in [1.82, 2.24) is 10.3 Å². The van der Waals surface area contributed by atoms with Crippen LogP contribution in [0.15, 0.2) is 42.7 Å². The molecule has 22 heavy (non-hydrogen) atoms. The van der Waals surface area contributed by atoms with Crippen molar-refractivity contribution in [1.29, 1.82) is 0 Å². The lowest BCUT2D eigenvalue weighted by atomic mass is 10.1. The largest absolute Gasteiger partial charge is 0.322 e. The molecule has 0 spiro atoms. The highest BCUT2D eigenvalue weighted by molar-refractivity contribution is 5.94. The van der Waals surface area contributed by atoms with Gasteiger partial charge in [0.2, 0.25) is 5.91 Å². The van der Waals surface area contributed by atoms with Crippen LogP contribution in [0.25, 0.3) is 0 Å². The van der Waals surface area contributed by atoms with Crippen LogP contribution in [0.2, 0.25) is 0 Å². The summed E-state index contributed by atoms with van der Waals surface area (Å²) in [7, 11) is 0. The number of nitrogens with one attached hydrogen (secondary N) is 2. The van der Waals surface area contributed by atoms with Crippen LogP contribution in [0.4, 0.5) is 10.1 Å². The Balaban J connectivity index is 1.97. The first-order valence-electron chi connectivity index (χ1n) is 7.20. The number of pyridine rings is 1. The molecule has 0 fully saturated rings. The summed E-state index contributed by atoms with van der Waals surface area (Å²) >= 11 is 0. The van der Waals surface area contributed by atoms with Crippen molar-refractivity contribution in [2.45, 2.75) is 32.9 Å². The van der Waals surface area contributed by atoms with E-state index in [0.717, 1.165) is 11.1 Å². The van der Waals surface area contributed by atoms with Gasteiger partial charge in [-0.25, -0.2) is 4.39 Å². The van der Waals surface area contributed by atoms with Gasteiger partial charge >= 0.3 is 0 Å². The van der Waals surface area contributed by atoms with Crippen LogP contribution in [0, 0.1) is 12.7 Å². The van der Waals surface area contributed by atoms with E-state index in [4.69, 9.17) is 0 Å². The van der Waals surface area contributed by atoms with Crippen LogP contribution in [0.1, 0.15) is 31.0 Å².